The van der Waals surface area contributed by atoms with Gasteiger partial charge in [-0.2, -0.15) is 9.78 Å². The van der Waals surface area contributed by atoms with Crippen molar-refractivity contribution in [2.75, 3.05) is 0 Å². The molecule has 0 radical (unpaired) electrons. The molecule has 0 saturated heterocycles. The lowest BCUT2D eigenvalue weighted by Gasteiger charge is -2.06. The first kappa shape index (κ1) is 12.6. The Labute approximate surface area is 119 Å². The molecule has 0 atom stereocenters. The predicted molar refractivity (Wildman–Crippen MR) is 75.6 cm³/mol. The first-order valence-electron chi connectivity index (χ1n) is 6.48. The molecule has 0 spiro atoms. The monoisotopic (exact) mass is 322 g/mol. The molecule has 3 rings (SSSR count). The summed E-state index contributed by atoms with van der Waals surface area (Å²) < 4.78 is 2.09. The van der Waals surface area contributed by atoms with E-state index in [9.17, 15) is 4.79 Å². The summed E-state index contributed by atoms with van der Waals surface area (Å²) in [7, 11) is 0. The number of aromatic amines is 1. The molecule has 1 aliphatic carbocycles. The maximum atomic E-state index is 12.2. The highest BCUT2D eigenvalue weighted by atomic mass is 79.9. The highest BCUT2D eigenvalue weighted by Gasteiger charge is 2.24. The number of halogens is 1. The third kappa shape index (κ3) is 2.25. The molecule has 0 aromatic carbocycles. The summed E-state index contributed by atoms with van der Waals surface area (Å²) >= 11 is 3.41. The fraction of sp³-hybridized carbons (Fsp3) is 0.462. The van der Waals surface area contributed by atoms with Crippen LogP contribution in [0.25, 0.3) is 5.82 Å². The summed E-state index contributed by atoms with van der Waals surface area (Å²) in [6.07, 6.45) is 4.74. The first-order chi connectivity index (χ1) is 9.16. The van der Waals surface area contributed by atoms with E-state index in [0.29, 0.717) is 16.2 Å². The van der Waals surface area contributed by atoms with E-state index in [4.69, 9.17) is 0 Å². The minimum Gasteiger partial charge on any atom is -0.292 e. The van der Waals surface area contributed by atoms with Gasteiger partial charge in [-0.3, -0.25) is 9.89 Å². The number of nitrogens with zero attached hydrogens (tertiary/aromatic N) is 3. The Morgan fingerprint density at radius 1 is 1.32 bits per heavy atom. The lowest BCUT2D eigenvalue weighted by Crippen LogP contribution is -2.16. The Hall–Kier alpha value is -1.43. The number of hydrogen-bond donors (Lipinski definition) is 1. The van der Waals surface area contributed by atoms with Crippen LogP contribution in [0.5, 0.6) is 0 Å². The molecular weight excluding hydrogens is 308 g/mol. The molecule has 1 saturated carbocycles. The van der Waals surface area contributed by atoms with Gasteiger partial charge in [0, 0.05) is 5.92 Å². The highest BCUT2D eigenvalue weighted by Crippen LogP contribution is 2.35. The van der Waals surface area contributed by atoms with E-state index in [1.807, 2.05) is 13.0 Å². The Morgan fingerprint density at radius 2 is 2.05 bits per heavy atom. The SMILES string of the molecule is Cc1ccc(-n2[nH]c(C3CCCC3)c(Br)c2=O)nn1. The predicted octanol–water partition coefficient (Wildman–Crippen LogP) is 2.68. The van der Waals surface area contributed by atoms with Crippen molar-refractivity contribution in [2.45, 2.75) is 38.5 Å². The summed E-state index contributed by atoms with van der Waals surface area (Å²) in [4.78, 5) is 12.2. The molecule has 1 N–H and O–H groups in total. The van der Waals surface area contributed by atoms with Gasteiger partial charge in [0.2, 0.25) is 0 Å². The summed E-state index contributed by atoms with van der Waals surface area (Å²) in [6.45, 7) is 1.87. The molecule has 0 amide bonds. The van der Waals surface area contributed by atoms with E-state index in [-0.39, 0.29) is 5.56 Å². The lowest BCUT2D eigenvalue weighted by molar-refractivity contribution is 0.669. The Balaban J connectivity index is 2.05. The lowest BCUT2D eigenvalue weighted by atomic mass is 10.1. The molecule has 5 nitrogen and oxygen atoms in total. The van der Waals surface area contributed by atoms with Crippen LogP contribution in [0, 0.1) is 6.92 Å². The van der Waals surface area contributed by atoms with Crippen molar-refractivity contribution in [1.82, 2.24) is 20.0 Å². The quantitative estimate of drug-likeness (QED) is 0.924. The molecular formula is C13H15BrN4O. The van der Waals surface area contributed by atoms with Gasteiger partial charge in [0.25, 0.3) is 5.56 Å². The fourth-order valence-corrected chi connectivity index (χ4v) is 3.18. The van der Waals surface area contributed by atoms with E-state index in [1.54, 1.807) is 6.07 Å². The van der Waals surface area contributed by atoms with Gasteiger partial charge in [-0.1, -0.05) is 12.8 Å². The zero-order chi connectivity index (χ0) is 13.4. The number of aryl methyl sites for hydroxylation is 1. The van der Waals surface area contributed by atoms with Gasteiger partial charge in [0.05, 0.1) is 11.4 Å². The van der Waals surface area contributed by atoms with Crippen molar-refractivity contribution in [2.24, 2.45) is 0 Å². The molecule has 0 unspecified atom stereocenters. The maximum Gasteiger partial charge on any atom is 0.287 e. The van der Waals surface area contributed by atoms with Gasteiger partial charge in [0.1, 0.15) is 4.47 Å². The van der Waals surface area contributed by atoms with Crippen LogP contribution in [0.3, 0.4) is 0 Å². The molecule has 2 heterocycles. The van der Waals surface area contributed by atoms with E-state index < -0.39 is 0 Å². The summed E-state index contributed by atoms with van der Waals surface area (Å²) in [5.74, 6) is 0.974. The topological polar surface area (TPSA) is 63.6 Å². The van der Waals surface area contributed by atoms with E-state index >= 15 is 0 Å². The maximum absolute atomic E-state index is 12.2. The standard InChI is InChI=1S/C13H15BrN4O/c1-8-6-7-10(16-15-8)18-13(19)11(14)12(17-18)9-4-2-3-5-9/h6-7,9,17H,2-5H2,1H3. The Morgan fingerprint density at radius 3 is 2.68 bits per heavy atom. The van der Waals surface area contributed by atoms with Gasteiger partial charge in [-0.25, -0.2) is 0 Å². The van der Waals surface area contributed by atoms with E-state index in [2.05, 4.69) is 31.2 Å². The normalized spacial score (nSPS) is 16.1. The third-order valence-corrected chi connectivity index (χ3v) is 4.40. The average Bonchev–Trinajstić information content (AvgIpc) is 3.02. The van der Waals surface area contributed by atoms with Gasteiger partial charge < -0.3 is 0 Å². The second kappa shape index (κ2) is 4.92. The largest absolute Gasteiger partial charge is 0.292 e. The average molecular weight is 323 g/mol. The van der Waals surface area contributed by atoms with Crippen LogP contribution in [-0.2, 0) is 0 Å². The number of aromatic nitrogens is 4. The minimum absolute atomic E-state index is 0.0972. The number of hydrogen-bond acceptors (Lipinski definition) is 3. The van der Waals surface area contributed by atoms with Crippen molar-refractivity contribution in [1.29, 1.82) is 0 Å². The van der Waals surface area contributed by atoms with Crippen LogP contribution in [0.2, 0.25) is 0 Å². The fourth-order valence-electron chi connectivity index (χ4n) is 2.59. The van der Waals surface area contributed by atoms with Gasteiger partial charge in [0.15, 0.2) is 5.82 Å². The number of nitrogens with one attached hydrogen (secondary N) is 1. The van der Waals surface area contributed by atoms with Crippen LogP contribution in [0.15, 0.2) is 21.4 Å². The zero-order valence-electron chi connectivity index (χ0n) is 10.7. The van der Waals surface area contributed by atoms with E-state index in [0.717, 1.165) is 24.2 Å². The van der Waals surface area contributed by atoms with Crippen molar-refractivity contribution in [3.05, 3.63) is 38.3 Å². The number of rotatable bonds is 2. The van der Waals surface area contributed by atoms with Crippen molar-refractivity contribution < 1.29 is 0 Å². The molecule has 0 bridgehead atoms. The van der Waals surface area contributed by atoms with Crippen LogP contribution in [-0.4, -0.2) is 20.0 Å². The van der Waals surface area contributed by atoms with Gasteiger partial charge >= 0.3 is 0 Å². The summed E-state index contributed by atoms with van der Waals surface area (Å²) in [5, 5.41) is 11.2. The highest BCUT2D eigenvalue weighted by molar-refractivity contribution is 9.10. The van der Waals surface area contributed by atoms with Crippen molar-refractivity contribution >= 4 is 15.9 Å². The van der Waals surface area contributed by atoms with Gasteiger partial charge in [-0.05, 0) is 47.8 Å². The third-order valence-electron chi connectivity index (χ3n) is 3.64. The second-order valence-electron chi connectivity index (χ2n) is 4.99. The van der Waals surface area contributed by atoms with E-state index in [1.165, 1.54) is 17.5 Å². The molecule has 100 valence electrons. The summed E-state index contributed by atoms with van der Waals surface area (Å²) in [5.41, 5.74) is 1.73. The molecule has 6 heteroatoms. The van der Waals surface area contributed by atoms with Crippen LogP contribution < -0.4 is 5.56 Å². The molecule has 19 heavy (non-hydrogen) atoms. The van der Waals surface area contributed by atoms with Gasteiger partial charge in [-0.15, -0.1) is 5.10 Å². The molecule has 1 aliphatic rings. The van der Waals surface area contributed by atoms with Crippen LogP contribution in [0.1, 0.15) is 43.0 Å². The van der Waals surface area contributed by atoms with Crippen LogP contribution >= 0.6 is 15.9 Å². The molecule has 2 aromatic heterocycles. The Bertz CT molecular complexity index is 638. The first-order valence-corrected chi connectivity index (χ1v) is 7.27. The van der Waals surface area contributed by atoms with Crippen LogP contribution in [0.4, 0.5) is 0 Å². The smallest absolute Gasteiger partial charge is 0.287 e. The van der Waals surface area contributed by atoms with Crippen molar-refractivity contribution in [3.63, 3.8) is 0 Å². The zero-order valence-corrected chi connectivity index (χ0v) is 12.3. The Kier molecular flexibility index (Phi) is 3.26. The van der Waals surface area contributed by atoms with Crippen molar-refractivity contribution in [3.8, 4) is 5.82 Å². The second-order valence-corrected chi connectivity index (χ2v) is 5.79. The number of H-pyrrole nitrogens is 1. The molecule has 0 aliphatic heterocycles. The molecule has 2 aromatic rings. The minimum atomic E-state index is -0.0972. The molecule has 1 fully saturated rings. The summed E-state index contributed by atoms with van der Waals surface area (Å²) in [6, 6.07) is 3.64.